The Kier molecular flexibility index (Phi) is 12.4. The van der Waals surface area contributed by atoms with E-state index in [0.717, 1.165) is 12.8 Å². The van der Waals surface area contributed by atoms with Gasteiger partial charge in [0, 0.05) is 0 Å². The van der Waals surface area contributed by atoms with Crippen molar-refractivity contribution >= 4 is 3.21 Å². The van der Waals surface area contributed by atoms with Gasteiger partial charge in [0.25, 0.3) is 0 Å². The zero-order chi connectivity index (χ0) is 22.9. The van der Waals surface area contributed by atoms with Gasteiger partial charge in [-0.25, -0.2) is 12.2 Å². The number of fused-ring (bicyclic) bond motifs is 3. The fraction of sp³-hybridized carbons (Fsp3) is 0.0938. The summed E-state index contributed by atoms with van der Waals surface area (Å²) in [5, 5.41) is 0. The number of rotatable bonds is 2. The Labute approximate surface area is 237 Å². The van der Waals surface area contributed by atoms with Crippen molar-refractivity contribution in [2.75, 3.05) is 0 Å². The normalized spacial score (nSPS) is 11.4. The van der Waals surface area contributed by atoms with E-state index in [1.54, 1.807) is 0 Å². The standard InChI is InChI=1S/C14H11.C13H10.C5H5.2ClH.Zr/c1-10-6-7-12-9-11-4-2-3-5-13(11)14(12)8-10;1-3-7-12(8-4-1)11-13-9-5-2-6-10-13;1-2-4-5-3-1;;;/h2-6,8H,9H2,1H3;1-10H;1-3H,4H2;2*1H;/q-1;;-1;;;+2/p-2. The molecule has 4 aromatic carbocycles. The maximum atomic E-state index is 3.36. The molecule has 35 heavy (non-hydrogen) atoms. The van der Waals surface area contributed by atoms with Gasteiger partial charge in [-0.05, 0) is 6.42 Å². The molecule has 6 rings (SSSR count). The van der Waals surface area contributed by atoms with Crippen molar-refractivity contribution in [3.63, 3.8) is 0 Å². The van der Waals surface area contributed by atoms with Gasteiger partial charge in [-0.15, -0.1) is 12.0 Å². The Morgan fingerprint density at radius 3 is 1.91 bits per heavy atom. The first-order valence-electron chi connectivity index (χ1n) is 11.2. The van der Waals surface area contributed by atoms with Crippen LogP contribution in [0.25, 0.3) is 11.1 Å². The van der Waals surface area contributed by atoms with Gasteiger partial charge < -0.3 is 24.8 Å². The summed E-state index contributed by atoms with van der Waals surface area (Å²) in [6.45, 7) is 2.12. The molecule has 0 amide bonds. The monoisotopic (exact) mass is 570 g/mol. The van der Waals surface area contributed by atoms with Crippen LogP contribution >= 0.6 is 0 Å². The summed E-state index contributed by atoms with van der Waals surface area (Å²) in [7, 11) is 0. The zero-order valence-electron chi connectivity index (χ0n) is 19.6. The van der Waals surface area contributed by atoms with Gasteiger partial charge in [-0.1, -0.05) is 42.3 Å². The molecule has 174 valence electrons. The fourth-order valence-corrected chi connectivity index (χ4v) is 4.69. The van der Waals surface area contributed by atoms with Crippen molar-refractivity contribution in [2.24, 2.45) is 0 Å². The fourth-order valence-electron chi connectivity index (χ4n) is 3.87. The van der Waals surface area contributed by atoms with Crippen LogP contribution in [0.3, 0.4) is 0 Å². The van der Waals surface area contributed by atoms with Crippen LogP contribution in [-0.2, 0) is 30.7 Å². The van der Waals surface area contributed by atoms with Crippen LogP contribution in [0.5, 0.6) is 0 Å². The SMILES string of the molecule is Cc1c[c-]c2c(c1)-c1ccccc1C2.[C-]1=CC=CC1.[Cl-].[Cl-].[Zr+2]=[C](c1ccccc1)c1ccccc1. The topological polar surface area (TPSA) is 0 Å². The summed E-state index contributed by atoms with van der Waals surface area (Å²) in [6, 6.07) is 37.4. The molecule has 0 unspecified atom stereocenters. The Balaban J connectivity index is 0.000000197. The molecule has 2 aliphatic carbocycles. The molecule has 0 heterocycles. The van der Waals surface area contributed by atoms with Gasteiger partial charge in [0.2, 0.25) is 0 Å². The van der Waals surface area contributed by atoms with E-state index in [1.807, 2.05) is 12.2 Å². The molecule has 0 spiro atoms. The number of aryl methyl sites for hydroxylation is 1. The molecular weight excluding hydrogens is 546 g/mol. The van der Waals surface area contributed by atoms with E-state index in [-0.39, 0.29) is 24.8 Å². The molecule has 0 aliphatic heterocycles. The van der Waals surface area contributed by atoms with Gasteiger partial charge >= 0.3 is 99.2 Å². The molecule has 0 atom stereocenters. The van der Waals surface area contributed by atoms with E-state index in [2.05, 4.69) is 122 Å². The quantitative estimate of drug-likeness (QED) is 0.282. The van der Waals surface area contributed by atoms with Crippen molar-refractivity contribution in [3.05, 3.63) is 155 Å². The van der Waals surface area contributed by atoms with Crippen molar-refractivity contribution in [2.45, 2.75) is 19.8 Å². The van der Waals surface area contributed by atoms with Crippen LogP contribution in [0.2, 0.25) is 0 Å². The van der Waals surface area contributed by atoms with Crippen molar-refractivity contribution in [1.29, 1.82) is 0 Å². The molecule has 0 bridgehead atoms. The first kappa shape index (κ1) is 28.9. The molecule has 0 aromatic heterocycles. The molecule has 0 nitrogen and oxygen atoms in total. The predicted octanol–water partition coefficient (Wildman–Crippen LogP) is 1.48. The van der Waals surface area contributed by atoms with Crippen LogP contribution < -0.4 is 24.8 Å². The second-order valence-electron chi connectivity index (χ2n) is 8.01. The van der Waals surface area contributed by atoms with Crippen LogP contribution in [0.1, 0.15) is 34.2 Å². The second-order valence-corrected chi connectivity index (χ2v) is 9.24. The van der Waals surface area contributed by atoms with Gasteiger partial charge in [-0.3, -0.25) is 6.08 Å². The van der Waals surface area contributed by atoms with Crippen molar-refractivity contribution in [1.82, 2.24) is 0 Å². The third kappa shape index (κ3) is 8.11. The molecular formula is C32H26Cl2Zr-2. The number of allylic oxidation sites excluding steroid dienone is 4. The molecule has 0 fully saturated rings. The molecule has 0 saturated heterocycles. The van der Waals surface area contributed by atoms with Gasteiger partial charge in [-0.2, -0.15) is 35.4 Å². The summed E-state index contributed by atoms with van der Waals surface area (Å²) in [5.74, 6) is 0. The summed E-state index contributed by atoms with van der Waals surface area (Å²) in [4.78, 5) is 0. The average molecular weight is 573 g/mol. The van der Waals surface area contributed by atoms with E-state index in [9.17, 15) is 0 Å². The van der Waals surface area contributed by atoms with Crippen LogP contribution in [0, 0.1) is 19.1 Å². The predicted molar refractivity (Wildman–Crippen MR) is 136 cm³/mol. The zero-order valence-corrected chi connectivity index (χ0v) is 23.6. The van der Waals surface area contributed by atoms with E-state index >= 15 is 0 Å². The van der Waals surface area contributed by atoms with Crippen LogP contribution in [-0.4, -0.2) is 3.21 Å². The van der Waals surface area contributed by atoms with Crippen molar-refractivity contribution in [3.8, 4) is 11.1 Å². The Morgan fingerprint density at radius 1 is 0.771 bits per heavy atom. The third-order valence-corrected chi connectivity index (χ3v) is 6.98. The summed E-state index contributed by atoms with van der Waals surface area (Å²) >= 11 is 1.46. The Hall–Kier alpha value is -2.31. The number of benzene rings is 4. The van der Waals surface area contributed by atoms with Gasteiger partial charge in [0.05, 0.1) is 0 Å². The molecule has 3 heteroatoms. The number of hydrogen-bond acceptors (Lipinski definition) is 0. The maximum absolute atomic E-state index is 3.36. The van der Waals surface area contributed by atoms with Crippen molar-refractivity contribution < 1.29 is 49.0 Å². The van der Waals surface area contributed by atoms with Gasteiger partial charge in [0.15, 0.2) is 0 Å². The first-order chi connectivity index (χ1) is 16.2. The van der Waals surface area contributed by atoms with E-state index in [0.29, 0.717) is 0 Å². The molecule has 0 saturated carbocycles. The van der Waals surface area contributed by atoms with Gasteiger partial charge in [0.1, 0.15) is 0 Å². The number of hydrogen-bond donors (Lipinski definition) is 0. The summed E-state index contributed by atoms with van der Waals surface area (Å²) in [5.41, 5.74) is 9.50. The van der Waals surface area contributed by atoms with Crippen LogP contribution in [0.4, 0.5) is 0 Å². The molecule has 0 radical (unpaired) electrons. The van der Waals surface area contributed by atoms with E-state index in [1.165, 1.54) is 66.4 Å². The third-order valence-electron chi connectivity index (χ3n) is 5.56. The Morgan fingerprint density at radius 2 is 1.37 bits per heavy atom. The molecule has 4 aromatic rings. The summed E-state index contributed by atoms with van der Waals surface area (Å²) in [6.07, 6.45) is 11.0. The number of halogens is 2. The second kappa shape index (κ2) is 14.9. The van der Waals surface area contributed by atoms with E-state index in [4.69, 9.17) is 0 Å². The Bertz CT molecular complexity index is 1220. The average Bonchev–Trinajstić information content (AvgIpc) is 3.57. The minimum absolute atomic E-state index is 0. The van der Waals surface area contributed by atoms with Crippen LogP contribution in [0.15, 0.2) is 115 Å². The first-order valence-corrected chi connectivity index (χ1v) is 12.5. The minimum atomic E-state index is 0. The summed E-state index contributed by atoms with van der Waals surface area (Å²) < 4.78 is 1.42. The molecule has 0 N–H and O–H groups in total. The molecule has 2 aliphatic rings. The van der Waals surface area contributed by atoms with E-state index < -0.39 is 0 Å².